The summed E-state index contributed by atoms with van der Waals surface area (Å²) < 4.78 is 24.2. The van der Waals surface area contributed by atoms with Crippen molar-refractivity contribution in [2.45, 2.75) is 104 Å². The van der Waals surface area contributed by atoms with Crippen molar-refractivity contribution in [3.63, 3.8) is 0 Å². The number of fused-ring (bicyclic) bond motifs is 7. The van der Waals surface area contributed by atoms with Gasteiger partial charge in [-0.3, -0.25) is 4.79 Å². The number of rotatable bonds is 3. The SMILES string of the molecule is CC(=O)OC1C=C2CC(O)[C@H]3[C@@H]4CC[C@H](C(C)C5OCC(C)(C)CO5)[C@@]4(C)CC[C@@H]3[C@@]2(C)C2OC12. The molecule has 2 heterocycles. The monoisotopic (exact) mass is 488 g/mol. The fourth-order valence-electron chi connectivity index (χ4n) is 9.44. The van der Waals surface area contributed by atoms with E-state index >= 15 is 0 Å². The van der Waals surface area contributed by atoms with Crippen LogP contribution in [0, 0.1) is 45.8 Å². The summed E-state index contributed by atoms with van der Waals surface area (Å²) in [5.74, 6) is 1.82. The second-order valence-corrected chi connectivity index (χ2v) is 13.9. The van der Waals surface area contributed by atoms with Gasteiger partial charge in [0.2, 0.25) is 0 Å². The molecule has 5 fully saturated rings. The third kappa shape index (κ3) is 3.60. The molecule has 0 aromatic carbocycles. The van der Waals surface area contributed by atoms with Gasteiger partial charge in [-0.15, -0.1) is 0 Å². The number of epoxide rings is 1. The van der Waals surface area contributed by atoms with Gasteiger partial charge in [-0.2, -0.15) is 0 Å². The maximum atomic E-state index is 11.6. The Balaban J connectivity index is 1.24. The quantitative estimate of drug-likeness (QED) is 0.358. The molecule has 6 aliphatic rings. The highest BCUT2D eigenvalue weighted by atomic mass is 16.7. The molecule has 3 saturated carbocycles. The molecular formula is C29H44O6. The number of hydrogen-bond acceptors (Lipinski definition) is 6. The van der Waals surface area contributed by atoms with Gasteiger partial charge in [0, 0.05) is 23.7 Å². The van der Waals surface area contributed by atoms with Crippen LogP contribution in [0.1, 0.15) is 73.6 Å². The second kappa shape index (κ2) is 8.02. The predicted molar refractivity (Wildman–Crippen MR) is 130 cm³/mol. The molecule has 0 radical (unpaired) electrons. The zero-order valence-corrected chi connectivity index (χ0v) is 22.3. The Hall–Kier alpha value is -0.950. The highest BCUT2D eigenvalue weighted by Gasteiger charge is 2.69. The summed E-state index contributed by atoms with van der Waals surface area (Å²) in [7, 11) is 0. The largest absolute Gasteiger partial charge is 0.455 e. The van der Waals surface area contributed by atoms with Crippen LogP contribution in [0.3, 0.4) is 0 Å². The van der Waals surface area contributed by atoms with Crippen molar-refractivity contribution in [2.75, 3.05) is 13.2 Å². The highest BCUT2D eigenvalue weighted by Crippen LogP contribution is 2.69. The Morgan fingerprint density at radius 1 is 1.11 bits per heavy atom. The van der Waals surface area contributed by atoms with Crippen LogP contribution in [-0.4, -0.2) is 55.0 Å². The number of aliphatic hydroxyl groups excluding tert-OH is 1. The Morgan fingerprint density at radius 3 is 2.51 bits per heavy atom. The number of esters is 1. The normalized spacial score (nSPS) is 51.2. The molecule has 6 heteroatoms. The van der Waals surface area contributed by atoms with Gasteiger partial charge in [0.15, 0.2) is 6.29 Å². The Labute approximate surface area is 210 Å². The fraction of sp³-hybridized carbons (Fsp3) is 0.897. The second-order valence-electron chi connectivity index (χ2n) is 13.9. The van der Waals surface area contributed by atoms with Crippen LogP contribution in [0.5, 0.6) is 0 Å². The average molecular weight is 489 g/mol. The average Bonchev–Trinajstić information content (AvgIpc) is 3.52. The Morgan fingerprint density at radius 2 is 1.83 bits per heavy atom. The van der Waals surface area contributed by atoms with Crippen LogP contribution >= 0.6 is 0 Å². The zero-order chi connectivity index (χ0) is 24.9. The van der Waals surface area contributed by atoms with Gasteiger partial charge < -0.3 is 24.1 Å². The number of carbonyl (C=O) groups is 1. The van der Waals surface area contributed by atoms with E-state index in [1.807, 2.05) is 0 Å². The number of carbonyl (C=O) groups excluding carboxylic acids is 1. The third-order valence-electron chi connectivity index (χ3n) is 11.2. The van der Waals surface area contributed by atoms with E-state index < -0.39 is 0 Å². The van der Waals surface area contributed by atoms with Crippen LogP contribution in [0.15, 0.2) is 11.6 Å². The lowest BCUT2D eigenvalue weighted by molar-refractivity contribution is -0.253. The molecule has 5 unspecified atom stereocenters. The molecule has 1 N–H and O–H groups in total. The van der Waals surface area contributed by atoms with Crippen LogP contribution in [0.4, 0.5) is 0 Å². The van der Waals surface area contributed by atoms with Gasteiger partial charge in [0.25, 0.3) is 0 Å². The van der Waals surface area contributed by atoms with Crippen molar-refractivity contribution in [2.24, 2.45) is 45.8 Å². The van der Waals surface area contributed by atoms with Gasteiger partial charge in [0.05, 0.1) is 25.4 Å². The zero-order valence-electron chi connectivity index (χ0n) is 22.3. The minimum Gasteiger partial charge on any atom is -0.455 e. The fourth-order valence-corrected chi connectivity index (χ4v) is 9.44. The third-order valence-corrected chi connectivity index (χ3v) is 11.2. The lowest BCUT2D eigenvalue weighted by atomic mass is 9.45. The van der Waals surface area contributed by atoms with Crippen LogP contribution < -0.4 is 0 Å². The number of ether oxygens (including phenoxy) is 4. The van der Waals surface area contributed by atoms with Crippen molar-refractivity contribution in [1.29, 1.82) is 0 Å². The first-order chi connectivity index (χ1) is 16.5. The molecule has 0 aromatic rings. The molecule has 0 bridgehead atoms. The van der Waals surface area contributed by atoms with Crippen molar-refractivity contribution < 1.29 is 28.8 Å². The van der Waals surface area contributed by atoms with E-state index in [0.29, 0.717) is 30.1 Å². The first-order valence-electron chi connectivity index (χ1n) is 13.9. The van der Waals surface area contributed by atoms with Crippen LogP contribution in [0.2, 0.25) is 0 Å². The Kier molecular flexibility index (Phi) is 5.59. The molecule has 2 aliphatic heterocycles. The smallest absolute Gasteiger partial charge is 0.303 e. The molecular weight excluding hydrogens is 444 g/mol. The summed E-state index contributed by atoms with van der Waals surface area (Å²) in [6.45, 7) is 14.5. The summed E-state index contributed by atoms with van der Waals surface area (Å²) in [6, 6.07) is 0. The highest BCUT2D eigenvalue weighted by molar-refractivity contribution is 5.66. The van der Waals surface area contributed by atoms with Gasteiger partial charge in [-0.05, 0) is 67.3 Å². The van der Waals surface area contributed by atoms with E-state index in [0.717, 1.165) is 19.6 Å². The van der Waals surface area contributed by atoms with Crippen LogP contribution in [0.25, 0.3) is 0 Å². The van der Waals surface area contributed by atoms with E-state index in [1.54, 1.807) is 0 Å². The van der Waals surface area contributed by atoms with E-state index in [1.165, 1.54) is 31.8 Å². The molecule has 0 aromatic heterocycles. The molecule has 35 heavy (non-hydrogen) atoms. The summed E-state index contributed by atoms with van der Waals surface area (Å²) in [4.78, 5) is 11.6. The molecule has 11 atom stereocenters. The summed E-state index contributed by atoms with van der Waals surface area (Å²) in [5.41, 5.74) is 1.45. The van der Waals surface area contributed by atoms with E-state index in [9.17, 15) is 9.90 Å². The first kappa shape index (κ1) is 24.4. The van der Waals surface area contributed by atoms with Gasteiger partial charge in [0.1, 0.15) is 12.2 Å². The first-order valence-corrected chi connectivity index (χ1v) is 13.9. The number of hydrogen-bond donors (Lipinski definition) is 1. The van der Waals surface area contributed by atoms with Gasteiger partial charge in [-0.25, -0.2) is 0 Å². The van der Waals surface area contributed by atoms with Crippen molar-refractivity contribution in [1.82, 2.24) is 0 Å². The van der Waals surface area contributed by atoms with E-state index in [2.05, 4.69) is 40.7 Å². The van der Waals surface area contributed by atoms with Crippen LogP contribution in [-0.2, 0) is 23.7 Å². The number of aliphatic hydroxyl groups is 1. The molecule has 6 nitrogen and oxygen atoms in total. The molecule has 2 saturated heterocycles. The molecule has 0 amide bonds. The molecule has 196 valence electrons. The van der Waals surface area contributed by atoms with Crippen molar-refractivity contribution >= 4 is 5.97 Å². The standard InChI is InChI=1S/C29H44O6/c1-15(26-32-13-27(3,4)14-33-26)18-7-8-19-23-20(9-10-28(18,19)5)29(6)17(11-21(23)31)12-22(34-16(2)30)24-25(29)35-24/h12,15,18-26,31H,7-11,13-14H2,1-6H3/t15?,18-,19+,20+,21?,22?,23+,24?,25?,28-,29+/m1/s1. The minimum atomic E-state index is -0.353. The van der Waals surface area contributed by atoms with E-state index in [-0.39, 0.29) is 58.8 Å². The maximum absolute atomic E-state index is 11.6. The topological polar surface area (TPSA) is 77.5 Å². The van der Waals surface area contributed by atoms with Gasteiger partial charge >= 0.3 is 5.97 Å². The van der Waals surface area contributed by atoms with E-state index in [4.69, 9.17) is 18.9 Å². The Bertz CT molecular complexity index is 903. The maximum Gasteiger partial charge on any atom is 0.303 e. The van der Waals surface area contributed by atoms with Gasteiger partial charge in [-0.1, -0.05) is 40.2 Å². The summed E-state index contributed by atoms with van der Waals surface area (Å²) >= 11 is 0. The molecule has 0 spiro atoms. The molecule has 4 aliphatic carbocycles. The summed E-state index contributed by atoms with van der Waals surface area (Å²) in [6.07, 6.45) is 6.69. The lowest BCUT2D eigenvalue weighted by Crippen LogP contribution is -2.58. The lowest BCUT2D eigenvalue weighted by Gasteiger charge is -2.59. The molecule has 6 rings (SSSR count). The van der Waals surface area contributed by atoms with Crippen molar-refractivity contribution in [3.8, 4) is 0 Å². The predicted octanol–water partition coefficient (Wildman–Crippen LogP) is 4.49. The summed E-state index contributed by atoms with van der Waals surface area (Å²) in [5, 5.41) is 11.6. The van der Waals surface area contributed by atoms with Crippen molar-refractivity contribution in [3.05, 3.63) is 11.6 Å². The minimum absolute atomic E-state index is 0.0296.